The third-order valence-corrected chi connectivity index (χ3v) is 7.43. The Morgan fingerprint density at radius 2 is 1.26 bits per heavy atom. The molecular weight excluding hydrogens is 701 g/mol. The zero-order chi connectivity index (χ0) is 28.9. The van der Waals surface area contributed by atoms with Gasteiger partial charge in [0.1, 0.15) is 0 Å². The minimum absolute atomic E-state index is 0. The maximum atomic E-state index is 4.53. The van der Waals surface area contributed by atoms with Crippen LogP contribution in [0.2, 0.25) is 0 Å². The fourth-order valence-corrected chi connectivity index (χ4v) is 5.08. The molecule has 0 aliphatic heterocycles. The molecule has 0 bridgehead atoms. The molecule has 5 aromatic carbocycles. The number of aromatic nitrogens is 2. The van der Waals surface area contributed by atoms with Crippen molar-refractivity contribution in [3.63, 3.8) is 0 Å². The fraction of sp³-hybridized carbons (Fsp3) is 0.100. The third-order valence-electron chi connectivity index (χ3n) is 7.43. The average Bonchev–Trinajstić information content (AvgIpc) is 3.05. The van der Waals surface area contributed by atoms with Crippen molar-refractivity contribution in [3.8, 4) is 33.6 Å². The summed E-state index contributed by atoms with van der Waals surface area (Å²) in [5.74, 6) is 0. The topological polar surface area (TPSA) is 25.8 Å². The minimum atomic E-state index is 0. The predicted octanol–water partition coefficient (Wildman–Crippen LogP) is 10.4. The summed E-state index contributed by atoms with van der Waals surface area (Å²) in [5, 5.41) is 5.00. The van der Waals surface area contributed by atoms with Crippen LogP contribution in [0, 0.1) is 12.1 Å². The molecular formula is C40H32IrN2-2. The monoisotopic (exact) mass is 733 g/mol. The second-order valence-electron chi connectivity index (χ2n) is 11.4. The fourth-order valence-electron chi connectivity index (χ4n) is 5.08. The first kappa shape index (κ1) is 30.0. The summed E-state index contributed by atoms with van der Waals surface area (Å²) < 4.78 is 0. The van der Waals surface area contributed by atoms with E-state index in [1.165, 1.54) is 38.2 Å². The predicted molar refractivity (Wildman–Crippen MR) is 176 cm³/mol. The van der Waals surface area contributed by atoms with E-state index >= 15 is 0 Å². The van der Waals surface area contributed by atoms with E-state index in [4.69, 9.17) is 0 Å². The van der Waals surface area contributed by atoms with E-state index in [0.29, 0.717) is 0 Å². The van der Waals surface area contributed by atoms with E-state index in [0.717, 1.165) is 22.5 Å². The van der Waals surface area contributed by atoms with Gasteiger partial charge in [0.2, 0.25) is 0 Å². The largest absolute Gasteiger partial charge is 0.305 e. The molecule has 0 aliphatic rings. The van der Waals surface area contributed by atoms with Gasteiger partial charge in [0.25, 0.3) is 0 Å². The summed E-state index contributed by atoms with van der Waals surface area (Å²) >= 11 is 0. The van der Waals surface area contributed by atoms with Gasteiger partial charge in [0.15, 0.2) is 0 Å². The standard InChI is InChI=1S/C21H20N.C19H12N.Ir/c1-21(2,3)19-12-13-22-20(15-19)18-11-7-10-17(14-18)16-8-5-4-6-9-16;1-2-6-17-14(5-1)8-9-15-10-11-16(13-18(15)17)19-7-3-4-12-20-19;/h4-10,12-15H,1-3H3;1-10,12-13H;/q2*-1;. The normalized spacial score (nSPS) is 11.0. The van der Waals surface area contributed by atoms with Crippen molar-refractivity contribution in [2.45, 2.75) is 26.2 Å². The summed E-state index contributed by atoms with van der Waals surface area (Å²) in [6.07, 6.45) is 3.70. The molecule has 0 spiro atoms. The zero-order valence-electron chi connectivity index (χ0n) is 24.5. The van der Waals surface area contributed by atoms with Gasteiger partial charge in [0.05, 0.1) is 0 Å². The van der Waals surface area contributed by atoms with Gasteiger partial charge in [-0.25, -0.2) is 0 Å². The Balaban J connectivity index is 0.000000168. The van der Waals surface area contributed by atoms with Gasteiger partial charge < -0.3 is 9.97 Å². The Morgan fingerprint density at radius 3 is 2.05 bits per heavy atom. The number of hydrogen-bond acceptors (Lipinski definition) is 2. The Morgan fingerprint density at radius 1 is 0.535 bits per heavy atom. The SMILES string of the molecule is CC(C)(C)c1ccnc(-c2[c-]ccc(-c3ccccc3)c2)c1.[Ir].[c-]1cc2ccc3ccccc3c2cc1-c1ccccn1. The van der Waals surface area contributed by atoms with Gasteiger partial charge in [-0.05, 0) is 50.8 Å². The minimum Gasteiger partial charge on any atom is -0.305 e. The van der Waals surface area contributed by atoms with E-state index in [1.807, 2.05) is 48.8 Å². The van der Waals surface area contributed by atoms with Crippen LogP contribution in [-0.4, -0.2) is 9.97 Å². The van der Waals surface area contributed by atoms with Gasteiger partial charge in [0, 0.05) is 32.5 Å². The molecule has 0 aliphatic carbocycles. The van der Waals surface area contributed by atoms with Crippen LogP contribution in [0.4, 0.5) is 0 Å². The van der Waals surface area contributed by atoms with Crippen LogP contribution in [0.25, 0.3) is 55.2 Å². The number of rotatable bonds is 3. The van der Waals surface area contributed by atoms with Crippen molar-refractivity contribution in [1.29, 1.82) is 0 Å². The van der Waals surface area contributed by atoms with E-state index in [-0.39, 0.29) is 25.5 Å². The summed E-state index contributed by atoms with van der Waals surface area (Å²) in [5.41, 5.74) is 7.82. The van der Waals surface area contributed by atoms with Gasteiger partial charge in [-0.2, -0.15) is 0 Å². The van der Waals surface area contributed by atoms with Crippen LogP contribution in [0.3, 0.4) is 0 Å². The summed E-state index contributed by atoms with van der Waals surface area (Å²) in [6, 6.07) is 50.5. The van der Waals surface area contributed by atoms with Crippen molar-refractivity contribution in [2.24, 2.45) is 0 Å². The van der Waals surface area contributed by atoms with Crippen LogP contribution in [-0.2, 0) is 25.5 Å². The maximum Gasteiger partial charge on any atom is 0.0163 e. The van der Waals surface area contributed by atoms with Gasteiger partial charge in [-0.3, -0.25) is 0 Å². The van der Waals surface area contributed by atoms with Crippen molar-refractivity contribution in [2.75, 3.05) is 0 Å². The molecule has 7 rings (SSSR count). The maximum absolute atomic E-state index is 4.53. The van der Waals surface area contributed by atoms with E-state index in [1.54, 1.807) is 0 Å². The van der Waals surface area contributed by atoms with Crippen LogP contribution < -0.4 is 0 Å². The Bertz CT molecular complexity index is 1960. The first-order valence-corrected chi connectivity index (χ1v) is 14.2. The molecule has 2 nitrogen and oxygen atoms in total. The second-order valence-corrected chi connectivity index (χ2v) is 11.4. The molecule has 0 saturated carbocycles. The number of hydrogen-bond donors (Lipinski definition) is 0. The molecule has 2 aromatic heterocycles. The van der Waals surface area contributed by atoms with Crippen molar-refractivity contribution in [3.05, 3.63) is 157 Å². The molecule has 0 saturated heterocycles. The molecule has 43 heavy (non-hydrogen) atoms. The zero-order valence-corrected chi connectivity index (χ0v) is 26.9. The molecule has 0 atom stereocenters. The molecule has 7 aromatic rings. The Labute approximate surface area is 267 Å². The van der Waals surface area contributed by atoms with Gasteiger partial charge >= 0.3 is 0 Å². The van der Waals surface area contributed by atoms with Crippen LogP contribution in [0.15, 0.2) is 140 Å². The van der Waals surface area contributed by atoms with E-state index in [2.05, 4.69) is 134 Å². The van der Waals surface area contributed by atoms with E-state index < -0.39 is 0 Å². The van der Waals surface area contributed by atoms with Crippen molar-refractivity contribution in [1.82, 2.24) is 9.97 Å². The molecule has 0 unspecified atom stereocenters. The number of nitrogens with zero attached hydrogens (tertiary/aromatic N) is 2. The second kappa shape index (κ2) is 13.3. The summed E-state index contributed by atoms with van der Waals surface area (Å²) in [4.78, 5) is 8.93. The van der Waals surface area contributed by atoms with Crippen molar-refractivity contribution >= 4 is 21.5 Å². The molecule has 213 valence electrons. The van der Waals surface area contributed by atoms with Crippen LogP contribution in [0.5, 0.6) is 0 Å². The third kappa shape index (κ3) is 6.97. The van der Waals surface area contributed by atoms with Gasteiger partial charge in [-0.1, -0.05) is 116 Å². The first-order chi connectivity index (χ1) is 20.5. The summed E-state index contributed by atoms with van der Waals surface area (Å²) in [6.45, 7) is 6.66. The Hall–Kier alpha value is -4.43. The first-order valence-electron chi connectivity index (χ1n) is 14.2. The Kier molecular flexibility index (Phi) is 9.26. The number of pyridine rings is 2. The van der Waals surface area contributed by atoms with Gasteiger partial charge in [-0.15, -0.1) is 59.2 Å². The van der Waals surface area contributed by atoms with Crippen molar-refractivity contribution < 1.29 is 20.1 Å². The molecule has 3 heteroatoms. The quantitative estimate of drug-likeness (QED) is 0.134. The smallest absolute Gasteiger partial charge is 0.0163 e. The molecule has 0 fully saturated rings. The molecule has 0 N–H and O–H groups in total. The number of benzene rings is 5. The van der Waals surface area contributed by atoms with E-state index in [9.17, 15) is 0 Å². The van der Waals surface area contributed by atoms with Crippen LogP contribution >= 0.6 is 0 Å². The molecule has 1 radical (unpaired) electrons. The van der Waals surface area contributed by atoms with Crippen LogP contribution in [0.1, 0.15) is 26.3 Å². The summed E-state index contributed by atoms with van der Waals surface area (Å²) in [7, 11) is 0. The molecule has 0 amide bonds. The average molecular weight is 733 g/mol. The number of fused-ring (bicyclic) bond motifs is 3. The molecule has 2 heterocycles.